The van der Waals surface area contributed by atoms with Crippen LogP contribution in [0.4, 0.5) is 0 Å². The molecule has 0 unspecified atom stereocenters. The van der Waals surface area contributed by atoms with E-state index in [-0.39, 0.29) is 12.2 Å². The smallest absolute Gasteiger partial charge is 0.170 e. The minimum absolute atomic E-state index is 0.0236. The van der Waals surface area contributed by atoms with Gasteiger partial charge in [-0.25, -0.2) is 0 Å². The van der Waals surface area contributed by atoms with E-state index >= 15 is 0 Å². The summed E-state index contributed by atoms with van der Waals surface area (Å²) in [6, 6.07) is 3.66. The second-order valence-corrected chi connectivity index (χ2v) is 4.07. The maximum atomic E-state index is 12.0. The average Bonchev–Trinajstić information content (AvgIpc) is 2.63. The molecule has 0 fully saturated rings. The molecule has 0 bridgehead atoms. The lowest BCUT2D eigenvalue weighted by atomic mass is 10.1. The SMILES string of the molecule is Cc1ccc(C(=O)Cc2cn(C)nn2)c(C)n1. The molecule has 0 saturated heterocycles. The number of aryl methyl sites for hydroxylation is 3. The first-order valence-corrected chi connectivity index (χ1v) is 5.39. The van der Waals surface area contributed by atoms with Crippen LogP contribution in [0.5, 0.6) is 0 Å². The van der Waals surface area contributed by atoms with Gasteiger partial charge in [-0.2, -0.15) is 0 Å². The Kier molecular flexibility index (Phi) is 2.99. The van der Waals surface area contributed by atoms with Crippen molar-refractivity contribution in [1.82, 2.24) is 20.0 Å². The number of hydrogen-bond acceptors (Lipinski definition) is 4. The largest absolute Gasteiger partial charge is 0.294 e. The number of carbonyl (C=O) groups is 1. The molecular weight excluding hydrogens is 216 g/mol. The molecule has 5 nitrogen and oxygen atoms in total. The van der Waals surface area contributed by atoms with Crippen molar-refractivity contribution >= 4 is 5.78 Å². The number of Topliss-reactive ketones (excluding diaryl/α,β-unsaturated/α-hetero) is 1. The zero-order valence-electron chi connectivity index (χ0n) is 10.1. The summed E-state index contributed by atoms with van der Waals surface area (Å²) in [5, 5.41) is 7.70. The molecule has 2 aromatic heterocycles. The summed E-state index contributed by atoms with van der Waals surface area (Å²) >= 11 is 0. The summed E-state index contributed by atoms with van der Waals surface area (Å²) in [7, 11) is 1.78. The number of pyridine rings is 1. The van der Waals surface area contributed by atoms with Gasteiger partial charge in [-0.05, 0) is 26.0 Å². The summed E-state index contributed by atoms with van der Waals surface area (Å²) in [5.41, 5.74) is 3.01. The van der Waals surface area contributed by atoms with E-state index < -0.39 is 0 Å². The van der Waals surface area contributed by atoms with E-state index in [1.54, 1.807) is 17.9 Å². The van der Waals surface area contributed by atoms with Crippen molar-refractivity contribution in [2.45, 2.75) is 20.3 Å². The molecule has 0 aliphatic heterocycles. The Morgan fingerprint density at radius 3 is 2.71 bits per heavy atom. The molecular formula is C12H14N4O. The lowest BCUT2D eigenvalue weighted by Gasteiger charge is -2.03. The van der Waals surface area contributed by atoms with E-state index in [0.29, 0.717) is 11.3 Å². The van der Waals surface area contributed by atoms with E-state index in [2.05, 4.69) is 15.3 Å². The topological polar surface area (TPSA) is 60.7 Å². The first-order chi connectivity index (χ1) is 8.06. The number of ketones is 1. The van der Waals surface area contributed by atoms with Crippen molar-refractivity contribution in [3.8, 4) is 0 Å². The van der Waals surface area contributed by atoms with Gasteiger partial charge < -0.3 is 0 Å². The molecule has 17 heavy (non-hydrogen) atoms. The van der Waals surface area contributed by atoms with E-state index in [9.17, 15) is 4.79 Å². The van der Waals surface area contributed by atoms with Crippen LogP contribution in [0.3, 0.4) is 0 Å². The van der Waals surface area contributed by atoms with Crippen LogP contribution < -0.4 is 0 Å². The first kappa shape index (κ1) is 11.4. The van der Waals surface area contributed by atoms with Crippen LogP contribution in [0.2, 0.25) is 0 Å². The molecule has 0 N–H and O–H groups in total. The Hall–Kier alpha value is -2.04. The van der Waals surface area contributed by atoms with E-state index in [4.69, 9.17) is 0 Å². The molecule has 5 heteroatoms. The molecule has 0 atom stereocenters. The summed E-state index contributed by atoms with van der Waals surface area (Å²) in [4.78, 5) is 16.3. The van der Waals surface area contributed by atoms with Gasteiger partial charge in [-0.3, -0.25) is 14.5 Å². The lowest BCUT2D eigenvalue weighted by Crippen LogP contribution is -2.07. The predicted molar refractivity (Wildman–Crippen MR) is 62.7 cm³/mol. The van der Waals surface area contributed by atoms with Crippen LogP contribution in [-0.2, 0) is 13.5 Å². The molecule has 0 radical (unpaired) electrons. The van der Waals surface area contributed by atoms with Gasteiger partial charge in [0.05, 0.1) is 12.1 Å². The Morgan fingerprint density at radius 2 is 2.12 bits per heavy atom. The molecule has 0 saturated carbocycles. The standard InChI is InChI=1S/C12H14N4O/c1-8-4-5-11(9(2)13-8)12(17)6-10-7-16(3)15-14-10/h4-5,7H,6H2,1-3H3. The third-order valence-electron chi connectivity index (χ3n) is 2.52. The van der Waals surface area contributed by atoms with Gasteiger partial charge in [-0.1, -0.05) is 5.21 Å². The van der Waals surface area contributed by atoms with Gasteiger partial charge in [0.2, 0.25) is 0 Å². The number of aromatic nitrogens is 4. The predicted octanol–water partition coefficient (Wildman–Crippen LogP) is 1.25. The van der Waals surface area contributed by atoms with Gasteiger partial charge in [0, 0.05) is 30.2 Å². The summed E-state index contributed by atoms with van der Waals surface area (Å²) in [6.45, 7) is 3.75. The monoisotopic (exact) mass is 230 g/mol. The van der Waals surface area contributed by atoms with E-state index in [1.165, 1.54) is 0 Å². The van der Waals surface area contributed by atoms with Gasteiger partial charge in [0.25, 0.3) is 0 Å². The maximum Gasteiger partial charge on any atom is 0.170 e. The maximum absolute atomic E-state index is 12.0. The quantitative estimate of drug-likeness (QED) is 0.744. The fraction of sp³-hybridized carbons (Fsp3) is 0.333. The highest BCUT2D eigenvalue weighted by Crippen LogP contribution is 2.10. The molecule has 0 aromatic carbocycles. The molecule has 2 aromatic rings. The summed E-state index contributed by atoms with van der Waals surface area (Å²) in [5.74, 6) is 0.0236. The van der Waals surface area contributed by atoms with Crippen LogP contribution >= 0.6 is 0 Å². The first-order valence-electron chi connectivity index (χ1n) is 5.39. The van der Waals surface area contributed by atoms with E-state index in [0.717, 1.165) is 11.4 Å². The number of carbonyl (C=O) groups excluding carboxylic acids is 1. The lowest BCUT2D eigenvalue weighted by molar-refractivity contribution is 0.0991. The van der Waals surface area contributed by atoms with Gasteiger partial charge in [-0.15, -0.1) is 5.10 Å². The van der Waals surface area contributed by atoms with Gasteiger partial charge in [0.15, 0.2) is 5.78 Å². The minimum atomic E-state index is 0.0236. The van der Waals surface area contributed by atoms with Crippen molar-refractivity contribution in [2.24, 2.45) is 7.05 Å². The van der Waals surface area contributed by atoms with Crippen LogP contribution in [0.25, 0.3) is 0 Å². The highest BCUT2D eigenvalue weighted by molar-refractivity contribution is 5.98. The molecule has 0 spiro atoms. The van der Waals surface area contributed by atoms with Gasteiger partial charge >= 0.3 is 0 Å². The summed E-state index contributed by atoms with van der Waals surface area (Å²) < 4.78 is 1.59. The summed E-state index contributed by atoms with van der Waals surface area (Å²) in [6.07, 6.45) is 2.01. The zero-order chi connectivity index (χ0) is 12.4. The fourth-order valence-corrected chi connectivity index (χ4v) is 1.72. The number of rotatable bonds is 3. The fourth-order valence-electron chi connectivity index (χ4n) is 1.72. The third-order valence-corrected chi connectivity index (χ3v) is 2.52. The molecule has 0 aliphatic rings. The Morgan fingerprint density at radius 1 is 1.35 bits per heavy atom. The highest BCUT2D eigenvalue weighted by Gasteiger charge is 2.12. The third kappa shape index (κ3) is 2.55. The molecule has 0 amide bonds. The van der Waals surface area contributed by atoms with Crippen molar-refractivity contribution in [3.63, 3.8) is 0 Å². The van der Waals surface area contributed by atoms with E-state index in [1.807, 2.05) is 26.0 Å². The second kappa shape index (κ2) is 4.45. The zero-order valence-corrected chi connectivity index (χ0v) is 10.1. The number of hydrogen-bond donors (Lipinski definition) is 0. The van der Waals surface area contributed by atoms with Crippen molar-refractivity contribution in [2.75, 3.05) is 0 Å². The van der Waals surface area contributed by atoms with Crippen molar-refractivity contribution in [1.29, 1.82) is 0 Å². The average molecular weight is 230 g/mol. The number of nitrogens with zero attached hydrogens (tertiary/aromatic N) is 4. The Bertz CT molecular complexity index is 559. The molecule has 0 aliphatic carbocycles. The van der Waals surface area contributed by atoms with Crippen molar-refractivity contribution in [3.05, 3.63) is 41.0 Å². The van der Waals surface area contributed by atoms with Crippen LogP contribution in [0.1, 0.15) is 27.4 Å². The molecule has 88 valence electrons. The second-order valence-electron chi connectivity index (χ2n) is 4.07. The normalized spacial score (nSPS) is 10.5. The van der Waals surface area contributed by atoms with Crippen LogP contribution in [0.15, 0.2) is 18.3 Å². The minimum Gasteiger partial charge on any atom is -0.294 e. The van der Waals surface area contributed by atoms with Gasteiger partial charge in [0.1, 0.15) is 0 Å². The molecule has 2 heterocycles. The van der Waals surface area contributed by atoms with Crippen LogP contribution in [0, 0.1) is 13.8 Å². The van der Waals surface area contributed by atoms with Crippen molar-refractivity contribution < 1.29 is 4.79 Å². The highest BCUT2D eigenvalue weighted by atomic mass is 16.1. The van der Waals surface area contributed by atoms with Crippen LogP contribution in [-0.4, -0.2) is 25.8 Å². The Balaban J connectivity index is 2.20. The molecule has 2 rings (SSSR count). The Labute approximate surface area is 99.5 Å².